The number of rotatable bonds is 2. The van der Waals surface area contributed by atoms with Crippen LogP contribution in [0.4, 0.5) is 10.3 Å². The van der Waals surface area contributed by atoms with Crippen LogP contribution >= 0.6 is 0 Å². The summed E-state index contributed by atoms with van der Waals surface area (Å²) in [6.45, 7) is 2.40. The first-order valence-corrected chi connectivity index (χ1v) is 6.65. The van der Waals surface area contributed by atoms with Gasteiger partial charge in [0.15, 0.2) is 0 Å². The number of fused-ring (bicyclic) bond motifs is 1. The van der Waals surface area contributed by atoms with Crippen molar-refractivity contribution in [2.24, 2.45) is 0 Å². The summed E-state index contributed by atoms with van der Waals surface area (Å²) in [7, 11) is 1.28. The van der Waals surface area contributed by atoms with E-state index in [0.717, 1.165) is 12.0 Å². The third-order valence-electron chi connectivity index (χ3n) is 3.58. The van der Waals surface area contributed by atoms with E-state index in [-0.39, 0.29) is 17.7 Å². The molecule has 1 aromatic carbocycles. The third kappa shape index (κ3) is 2.35. The van der Waals surface area contributed by atoms with Crippen LogP contribution < -0.4 is 5.32 Å². The highest BCUT2D eigenvalue weighted by Gasteiger charge is 2.27. The number of hydrogen-bond acceptors (Lipinski definition) is 5. The molecular weight excluding hydrogens is 275 g/mol. The number of carbonyl (C=O) groups excluding carboxylic acids is 1. The molecule has 1 atom stereocenters. The van der Waals surface area contributed by atoms with Crippen LogP contribution in [0.3, 0.4) is 0 Å². The van der Waals surface area contributed by atoms with E-state index in [0.29, 0.717) is 18.1 Å². The van der Waals surface area contributed by atoms with Gasteiger partial charge in [-0.3, -0.25) is 0 Å². The number of ether oxygens (including phenoxy) is 1. The zero-order valence-corrected chi connectivity index (χ0v) is 11.8. The van der Waals surface area contributed by atoms with Crippen LogP contribution in [0.1, 0.15) is 34.2 Å². The van der Waals surface area contributed by atoms with E-state index in [1.165, 1.54) is 13.2 Å². The van der Waals surface area contributed by atoms with E-state index in [2.05, 4.69) is 20.1 Å². The van der Waals surface area contributed by atoms with Gasteiger partial charge in [0.05, 0.1) is 13.2 Å². The maximum absolute atomic E-state index is 13.8. The third-order valence-corrected chi connectivity index (χ3v) is 3.58. The Labute approximate surface area is 120 Å². The van der Waals surface area contributed by atoms with Crippen molar-refractivity contribution in [3.63, 3.8) is 0 Å². The molecule has 2 heterocycles. The van der Waals surface area contributed by atoms with Crippen molar-refractivity contribution in [1.29, 1.82) is 0 Å². The van der Waals surface area contributed by atoms with Gasteiger partial charge in [-0.05, 0) is 30.5 Å². The van der Waals surface area contributed by atoms with Gasteiger partial charge in [-0.1, -0.05) is 12.1 Å². The van der Waals surface area contributed by atoms with Crippen molar-refractivity contribution in [1.82, 2.24) is 14.8 Å². The van der Waals surface area contributed by atoms with Gasteiger partial charge < -0.3 is 10.1 Å². The lowest BCUT2D eigenvalue weighted by molar-refractivity contribution is 0.0586. The molecule has 0 amide bonds. The van der Waals surface area contributed by atoms with Crippen molar-refractivity contribution >= 4 is 11.9 Å². The summed E-state index contributed by atoms with van der Waals surface area (Å²) >= 11 is 0. The number of hydrogen-bond donors (Lipinski definition) is 1. The first-order valence-electron chi connectivity index (χ1n) is 6.65. The predicted octanol–water partition coefficient (Wildman–Crippen LogP) is 1.92. The molecule has 110 valence electrons. The summed E-state index contributed by atoms with van der Waals surface area (Å²) < 4.78 is 20.0. The van der Waals surface area contributed by atoms with E-state index >= 15 is 0 Å². The molecule has 7 heteroatoms. The lowest BCUT2D eigenvalue weighted by Crippen LogP contribution is -2.25. The number of esters is 1. The summed E-state index contributed by atoms with van der Waals surface area (Å²) in [5.41, 5.74) is 1.41. The number of nitrogens with one attached hydrogen (secondary N) is 1. The van der Waals surface area contributed by atoms with Crippen LogP contribution in [0.2, 0.25) is 0 Å². The van der Waals surface area contributed by atoms with Gasteiger partial charge >= 0.3 is 5.97 Å². The van der Waals surface area contributed by atoms with Crippen LogP contribution in [0, 0.1) is 12.7 Å². The number of nitrogens with zero attached hydrogens (tertiary/aromatic N) is 3. The van der Waals surface area contributed by atoms with E-state index in [4.69, 9.17) is 0 Å². The SMILES string of the molecule is COC(=O)c1nc2n(n1)C(c1ccc(C)c(F)c1)CCN2. The van der Waals surface area contributed by atoms with E-state index in [9.17, 15) is 9.18 Å². The molecule has 0 aliphatic carbocycles. The fourth-order valence-corrected chi connectivity index (χ4v) is 2.41. The number of anilines is 1. The van der Waals surface area contributed by atoms with Crippen LogP contribution in [0.25, 0.3) is 0 Å². The number of halogens is 1. The normalized spacial score (nSPS) is 17.0. The molecule has 0 saturated carbocycles. The second kappa shape index (κ2) is 5.16. The minimum Gasteiger partial charge on any atom is -0.463 e. The Kier molecular flexibility index (Phi) is 3.32. The smallest absolute Gasteiger partial charge is 0.378 e. The first kappa shape index (κ1) is 13.5. The Morgan fingerprint density at radius 1 is 1.52 bits per heavy atom. The van der Waals surface area contributed by atoms with Gasteiger partial charge in [0, 0.05) is 6.54 Å². The Bertz CT molecular complexity index is 698. The molecule has 1 aliphatic heterocycles. The van der Waals surface area contributed by atoms with Crippen LogP contribution in [-0.4, -0.2) is 34.4 Å². The minimum atomic E-state index is -0.590. The van der Waals surface area contributed by atoms with Crippen molar-refractivity contribution in [2.45, 2.75) is 19.4 Å². The van der Waals surface area contributed by atoms with Gasteiger partial charge in [-0.25, -0.2) is 13.9 Å². The van der Waals surface area contributed by atoms with Crippen molar-refractivity contribution in [3.05, 3.63) is 41.0 Å². The molecule has 0 radical (unpaired) electrons. The topological polar surface area (TPSA) is 69.0 Å². The van der Waals surface area contributed by atoms with Gasteiger partial charge in [-0.2, -0.15) is 4.98 Å². The molecule has 0 saturated heterocycles. The number of benzene rings is 1. The molecule has 6 nitrogen and oxygen atoms in total. The number of carbonyl (C=O) groups is 1. The lowest BCUT2D eigenvalue weighted by Gasteiger charge is -2.24. The van der Waals surface area contributed by atoms with E-state index in [1.54, 1.807) is 17.7 Å². The molecule has 2 aromatic rings. The lowest BCUT2D eigenvalue weighted by atomic mass is 10.0. The molecule has 1 aliphatic rings. The highest BCUT2D eigenvalue weighted by atomic mass is 19.1. The Hall–Kier alpha value is -2.44. The molecular formula is C14H15FN4O2. The molecule has 1 aromatic heterocycles. The van der Waals surface area contributed by atoms with Gasteiger partial charge in [0.25, 0.3) is 5.82 Å². The van der Waals surface area contributed by atoms with Crippen molar-refractivity contribution in [3.8, 4) is 0 Å². The molecule has 1 unspecified atom stereocenters. The molecule has 21 heavy (non-hydrogen) atoms. The molecule has 3 rings (SSSR count). The van der Waals surface area contributed by atoms with Gasteiger partial charge in [0.1, 0.15) is 5.82 Å². The average Bonchev–Trinajstić information content (AvgIpc) is 2.93. The minimum absolute atomic E-state index is 0.000478. The maximum Gasteiger partial charge on any atom is 0.378 e. The summed E-state index contributed by atoms with van der Waals surface area (Å²) in [5, 5.41) is 7.25. The second-order valence-corrected chi connectivity index (χ2v) is 4.94. The second-order valence-electron chi connectivity index (χ2n) is 4.94. The zero-order chi connectivity index (χ0) is 15.0. The Morgan fingerprint density at radius 3 is 3.05 bits per heavy atom. The molecule has 0 fully saturated rings. The molecule has 0 spiro atoms. The van der Waals surface area contributed by atoms with Crippen LogP contribution in [0.5, 0.6) is 0 Å². The highest BCUT2D eigenvalue weighted by molar-refractivity contribution is 5.85. The van der Waals surface area contributed by atoms with Crippen LogP contribution in [0.15, 0.2) is 18.2 Å². The predicted molar refractivity (Wildman–Crippen MR) is 73.7 cm³/mol. The standard InChI is InChI=1S/C14H15FN4O2/c1-8-3-4-9(7-10(8)15)11-5-6-16-14-17-12(13(20)21-2)18-19(11)14/h3-4,7,11H,5-6H2,1-2H3,(H,16,17,18). The summed E-state index contributed by atoms with van der Waals surface area (Å²) in [6, 6.07) is 4.97. The fourth-order valence-electron chi connectivity index (χ4n) is 2.41. The maximum atomic E-state index is 13.8. The monoisotopic (exact) mass is 290 g/mol. The van der Waals surface area contributed by atoms with E-state index in [1.807, 2.05) is 6.07 Å². The number of methoxy groups -OCH3 is 1. The van der Waals surface area contributed by atoms with Gasteiger partial charge in [0.2, 0.25) is 5.95 Å². The van der Waals surface area contributed by atoms with Crippen LogP contribution in [-0.2, 0) is 4.74 Å². The quantitative estimate of drug-likeness (QED) is 0.856. The zero-order valence-electron chi connectivity index (χ0n) is 11.8. The summed E-state index contributed by atoms with van der Waals surface area (Å²) in [4.78, 5) is 15.6. The number of aryl methyl sites for hydroxylation is 1. The Balaban J connectivity index is 2.01. The average molecular weight is 290 g/mol. The number of aromatic nitrogens is 3. The summed E-state index contributed by atoms with van der Waals surface area (Å²) in [5.74, 6) is -0.347. The highest BCUT2D eigenvalue weighted by Crippen LogP contribution is 2.29. The molecule has 1 N–H and O–H groups in total. The molecule has 0 bridgehead atoms. The fraction of sp³-hybridized carbons (Fsp3) is 0.357. The summed E-state index contributed by atoms with van der Waals surface area (Å²) in [6.07, 6.45) is 0.736. The largest absolute Gasteiger partial charge is 0.463 e. The van der Waals surface area contributed by atoms with Crippen molar-refractivity contribution in [2.75, 3.05) is 19.0 Å². The first-order chi connectivity index (χ1) is 10.1. The van der Waals surface area contributed by atoms with E-state index < -0.39 is 5.97 Å². The van der Waals surface area contributed by atoms with Crippen molar-refractivity contribution < 1.29 is 13.9 Å². The Morgan fingerprint density at radius 2 is 2.33 bits per heavy atom. The van der Waals surface area contributed by atoms with Gasteiger partial charge in [-0.15, -0.1) is 5.10 Å².